The molecule has 6 heteroatoms. The minimum Gasteiger partial charge on any atom is -0.462 e. The predicted molar refractivity (Wildman–Crippen MR) is 321 cm³/mol. The van der Waals surface area contributed by atoms with Gasteiger partial charge in [0.2, 0.25) is 0 Å². The second kappa shape index (κ2) is 62.9. The average Bonchev–Trinajstić information content (AvgIpc) is 3.40. The van der Waals surface area contributed by atoms with Crippen molar-refractivity contribution in [3.05, 3.63) is 48.6 Å². The number of carbonyl (C=O) groups is 3. The van der Waals surface area contributed by atoms with Crippen LogP contribution in [0.2, 0.25) is 0 Å². The highest BCUT2D eigenvalue weighted by atomic mass is 16.6. The molecule has 432 valence electrons. The summed E-state index contributed by atoms with van der Waals surface area (Å²) in [6.07, 6.45) is 78.9. The van der Waals surface area contributed by atoms with E-state index in [9.17, 15) is 14.4 Å². The molecule has 0 bridgehead atoms. The summed E-state index contributed by atoms with van der Waals surface area (Å²) in [6, 6.07) is 0. The highest BCUT2D eigenvalue weighted by Gasteiger charge is 2.19. The van der Waals surface area contributed by atoms with Crippen LogP contribution in [-0.4, -0.2) is 37.2 Å². The van der Waals surface area contributed by atoms with Gasteiger partial charge in [0.15, 0.2) is 6.10 Å². The van der Waals surface area contributed by atoms with E-state index in [1.54, 1.807) is 0 Å². The van der Waals surface area contributed by atoms with Gasteiger partial charge in [-0.3, -0.25) is 14.4 Å². The Bertz CT molecular complexity index is 1280. The van der Waals surface area contributed by atoms with Gasteiger partial charge in [-0.15, -0.1) is 0 Å². The number of hydrogen-bond acceptors (Lipinski definition) is 6. The summed E-state index contributed by atoms with van der Waals surface area (Å²) >= 11 is 0. The first-order valence-corrected chi connectivity index (χ1v) is 32.6. The molecule has 74 heavy (non-hydrogen) atoms. The zero-order valence-corrected chi connectivity index (χ0v) is 49.6. The smallest absolute Gasteiger partial charge is 0.306 e. The SMILES string of the molecule is CC/C=C\C/C=C\C/C=C\CCCCCC(=O)OC(COC(=O)CCCCCCC/C=C\CCC)COC(=O)CCCCCCCCCCCCCCCCCCCCCCCCCCCCCCCCCCC. The Morgan fingerprint density at radius 3 is 0.905 bits per heavy atom. The molecule has 0 rings (SSSR count). The highest BCUT2D eigenvalue weighted by Crippen LogP contribution is 2.18. The monoisotopic (exact) mass is 1040 g/mol. The fraction of sp³-hybridized carbons (Fsp3) is 0.838. The van der Waals surface area contributed by atoms with Gasteiger partial charge in [0.25, 0.3) is 0 Å². The molecule has 0 spiro atoms. The van der Waals surface area contributed by atoms with Crippen molar-refractivity contribution >= 4 is 17.9 Å². The molecule has 0 saturated heterocycles. The molecule has 0 aromatic carbocycles. The number of allylic oxidation sites excluding steroid dienone is 8. The molecule has 6 nitrogen and oxygen atoms in total. The van der Waals surface area contributed by atoms with Crippen molar-refractivity contribution in [2.24, 2.45) is 0 Å². The van der Waals surface area contributed by atoms with E-state index in [0.717, 1.165) is 96.3 Å². The van der Waals surface area contributed by atoms with Crippen molar-refractivity contribution in [1.29, 1.82) is 0 Å². The first-order valence-electron chi connectivity index (χ1n) is 32.6. The number of carbonyl (C=O) groups excluding carboxylic acids is 3. The Balaban J connectivity index is 4.00. The first-order chi connectivity index (χ1) is 36.5. The zero-order chi connectivity index (χ0) is 53.6. The van der Waals surface area contributed by atoms with Crippen LogP contribution < -0.4 is 0 Å². The van der Waals surface area contributed by atoms with E-state index in [1.807, 2.05) is 0 Å². The van der Waals surface area contributed by atoms with E-state index in [1.165, 1.54) is 212 Å². The molecule has 0 aliphatic carbocycles. The molecule has 0 saturated carbocycles. The quantitative estimate of drug-likeness (QED) is 0.0261. The van der Waals surface area contributed by atoms with E-state index in [4.69, 9.17) is 14.2 Å². The molecule has 0 amide bonds. The van der Waals surface area contributed by atoms with Crippen molar-refractivity contribution in [2.45, 2.75) is 354 Å². The van der Waals surface area contributed by atoms with Gasteiger partial charge in [-0.1, -0.05) is 307 Å². The summed E-state index contributed by atoms with van der Waals surface area (Å²) in [5.41, 5.74) is 0. The number of hydrogen-bond donors (Lipinski definition) is 0. The number of ether oxygens (including phenoxy) is 3. The molecular weight excluding hydrogens is 913 g/mol. The second-order valence-electron chi connectivity index (χ2n) is 22.0. The van der Waals surface area contributed by atoms with Crippen LogP contribution in [0, 0.1) is 0 Å². The Morgan fingerprint density at radius 2 is 0.554 bits per heavy atom. The lowest BCUT2D eigenvalue weighted by Gasteiger charge is -2.18. The fourth-order valence-corrected chi connectivity index (χ4v) is 9.70. The Kier molecular flexibility index (Phi) is 60.7. The van der Waals surface area contributed by atoms with E-state index in [-0.39, 0.29) is 31.1 Å². The Hall–Kier alpha value is -2.63. The molecule has 0 fully saturated rings. The summed E-state index contributed by atoms with van der Waals surface area (Å²) in [6.45, 7) is 6.47. The largest absolute Gasteiger partial charge is 0.462 e. The summed E-state index contributed by atoms with van der Waals surface area (Å²) in [7, 11) is 0. The van der Waals surface area contributed by atoms with Gasteiger partial charge in [-0.05, 0) is 70.6 Å². The van der Waals surface area contributed by atoms with Crippen LogP contribution in [0.15, 0.2) is 48.6 Å². The minimum atomic E-state index is -0.789. The Labute approximate surface area is 460 Å². The van der Waals surface area contributed by atoms with Crippen LogP contribution >= 0.6 is 0 Å². The summed E-state index contributed by atoms with van der Waals surface area (Å²) in [5, 5.41) is 0. The standard InChI is InChI=1S/C68H124O6/c1-4-7-10-13-16-19-22-24-25-26-27-28-29-30-31-32-33-34-35-36-37-38-39-40-41-42-43-45-46-49-52-55-58-61-67(70)73-64-65(63-72-66(69)60-57-54-51-48-21-18-15-12-9-6-3)74-68(71)62-59-56-53-50-47-44-23-20-17-14-11-8-5-2/h8,11-12,15,17,20,44,47,65H,4-7,9-10,13-14,16,18-19,21-43,45-46,48-64H2,1-3H3/b11-8-,15-12-,20-17-,47-44-. The molecule has 0 N–H and O–H groups in total. The van der Waals surface area contributed by atoms with Crippen LogP contribution in [0.5, 0.6) is 0 Å². The minimum absolute atomic E-state index is 0.0850. The maximum absolute atomic E-state index is 12.8. The van der Waals surface area contributed by atoms with E-state index >= 15 is 0 Å². The van der Waals surface area contributed by atoms with E-state index in [2.05, 4.69) is 69.4 Å². The average molecular weight is 1040 g/mol. The first kappa shape index (κ1) is 71.4. The lowest BCUT2D eigenvalue weighted by Crippen LogP contribution is -2.30. The Morgan fingerprint density at radius 1 is 0.284 bits per heavy atom. The lowest BCUT2D eigenvalue weighted by atomic mass is 10.0. The van der Waals surface area contributed by atoms with Gasteiger partial charge in [-0.2, -0.15) is 0 Å². The van der Waals surface area contributed by atoms with E-state index in [0.29, 0.717) is 19.3 Å². The van der Waals surface area contributed by atoms with Crippen molar-refractivity contribution in [2.75, 3.05) is 13.2 Å². The van der Waals surface area contributed by atoms with Crippen LogP contribution in [-0.2, 0) is 28.6 Å². The van der Waals surface area contributed by atoms with Gasteiger partial charge in [0, 0.05) is 19.3 Å². The number of rotatable bonds is 60. The normalized spacial score (nSPS) is 12.3. The van der Waals surface area contributed by atoms with Gasteiger partial charge >= 0.3 is 17.9 Å². The van der Waals surface area contributed by atoms with Gasteiger partial charge < -0.3 is 14.2 Å². The van der Waals surface area contributed by atoms with Crippen LogP contribution in [0.3, 0.4) is 0 Å². The third-order valence-electron chi connectivity index (χ3n) is 14.5. The topological polar surface area (TPSA) is 78.9 Å². The van der Waals surface area contributed by atoms with Gasteiger partial charge in [-0.25, -0.2) is 0 Å². The lowest BCUT2D eigenvalue weighted by molar-refractivity contribution is -0.167. The molecule has 0 heterocycles. The molecular formula is C68H124O6. The molecule has 0 aliphatic rings. The zero-order valence-electron chi connectivity index (χ0n) is 49.6. The third-order valence-corrected chi connectivity index (χ3v) is 14.5. The van der Waals surface area contributed by atoms with Crippen molar-refractivity contribution < 1.29 is 28.6 Å². The number of unbranched alkanes of at least 4 members (excludes halogenated alkanes) is 41. The molecule has 0 radical (unpaired) electrons. The second-order valence-corrected chi connectivity index (χ2v) is 22.0. The molecule has 0 aliphatic heterocycles. The highest BCUT2D eigenvalue weighted by molar-refractivity contribution is 5.71. The van der Waals surface area contributed by atoms with Crippen LogP contribution in [0.1, 0.15) is 348 Å². The predicted octanol–water partition coefficient (Wildman–Crippen LogP) is 22.2. The summed E-state index contributed by atoms with van der Waals surface area (Å²) < 4.78 is 16.8. The molecule has 1 atom stereocenters. The van der Waals surface area contributed by atoms with E-state index < -0.39 is 6.10 Å². The van der Waals surface area contributed by atoms with Gasteiger partial charge in [0.05, 0.1) is 0 Å². The van der Waals surface area contributed by atoms with Crippen molar-refractivity contribution in [3.63, 3.8) is 0 Å². The number of esters is 3. The molecule has 0 aromatic rings. The summed E-state index contributed by atoms with van der Waals surface area (Å²) in [5.74, 6) is -0.912. The maximum atomic E-state index is 12.8. The summed E-state index contributed by atoms with van der Waals surface area (Å²) in [4.78, 5) is 38.1. The van der Waals surface area contributed by atoms with Crippen LogP contribution in [0.25, 0.3) is 0 Å². The fourth-order valence-electron chi connectivity index (χ4n) is 9.70. The molecule has 0 aromatic heterocycles. The van der Waals surface area contributed by atoms with Crippen molar-refractivity contribution in [3.8, 4) is 0 Å². The van der Waals surface area contributed by atoms with Gasteiger partial charge in [0.1, 0.15) is 13.2 Å². The third kappa shape index (κ3) is 60.2. The van der Waals surface area contributed by atoms with Crippen LogP contribution in [0.4, 0.5) is 0 Å². The maximum Gasteiger partial charge on any atom is 0.306 e. The van der Waals surface area contributed by atoms with Crippen molar-refractivity contribution in [1.82, 2.24) is 0 Å². The molecule has 1 unspecified atom stereocenters.